The fourth-order valence-electron chi connectivity index (χ4n) is 3.17. The van der Waals surface area contributed by atoms with Crippen molar-refractivity contribution in [1.82, 2.24) is 4.90 Å². The minimum Gasteiger partial charge on any atom is -0.324 e. The summed E-state index contributed by atoms with van der Waals surface area (Å²) in [7, 11) is 0. The van der Waals surface area contributed by atoms with E-state index < -0.39 is 23.8 Å². The maximum atomic E-state index is 12.6. The lowest BCUT2D eigenvalue weighted by atomic mass is 9.85. The molecule has 2 aliphatic rings. The normalized spacial score (nSPS) is 24.0. The summed E-state index contributed by atoms with van der Waals surface area (Å²) in [5.41, 5.74) is 0.437. The molecule has 132 valence electrons. The van der Waals surface area contributed by atoms with E-state index in [1.165, 1.54) is 13.0 Å². The van der Waals surface area contributed by atoms with Crippen molar-refractivity contribution in [3.8, 4) is 0 Å². The van der Waals surface area contributed by atoms with E-state index in [9.17, 15) is 14.4 Å². The van der Waals surface area contributed by atoms with Crippen LogP contribution in [-0.4, -0.2) is 28.7 Å². The third-order valence-electron chi connectivity index (χ3n) is 4.56. The minimum atomic E-state index is -0.932. The predicted molar refractivity (Wildman–Crippen MR) is 96.6 cm³/mol. The van der Waals surface area contributed by atoms with Gasteiger partial charge in [0.25, 0.3) is 0 Å². The van der Waals surface area contributed by atoms with Gasteiger partial charge in [0, 0.05) is 10.7 Å². The van der Waals surface area contributed by atoms with E-state index in [4.69, 9.17) is 34.8 Å². The first kappa shape index (κ1) is 18.2. The number of anilines is 1. The van der Waals surface area contributed by atoms with Crippen LogP contribution in [0.5, 0.6) is 0 Å². The summed E-state index contributed by atoms with van der Waals surface area (Å²) < 4.78 is 0. The topological polar surface area (TPSA) is 66.5 Å². The molecule has 0 bridgehead atoms. The number of hydrogen-bond acceptors (Lipinski definition) is 3. The van der Waals surface area contributed by atoms with Crippen molar-refractivity contribution in [3.63, 3.8) is 0 Å². The second-order valence-corrected chi connectivity index (χ2v) is 7.44. The van der Waals surface area contributed by atoms with Gasteiger partial charge in [0.15, 0.2) is 0 Å². The van der Waals surface area contributed by atoms with Crippen LogP contribution in [0.2, 0.25) is 10.0 Å². The number of rotatable bonds is 3. The molecule has 25 heavy (non-hydrogen) atoms. The Morgan fingerprint density at radius 2 is 1.84 bits per heavy atom. The summed E-state index contributed by atoms with van der Waals surface area (Å²) in [5, 5.41) is 3.90. The number of carbonyl (C=O) groups excluding carboxylic acids is 3. The Kier molecular flexibility index (Phi) is 5.09. The Morgan fingerprint density at radius 3 is 2.52 bits per heavy atom. The number of hydrogen-bond donors (Lipinski definition) is 1. The molecule has 1 aliphatic heterocycles. The van der Waals surface area contributed by atoms with E-state index in [0.29, 0.717) is 33.6 Å². The van der Waals surface area contributed by atoms with Crippen molar-refractivity contribution < 1.29 is 14.4 Å². The molecule has 1 aromatic rings. The average Bonchev–Trinajstić information content (AvgIpc) is 2.81. The molecule has 3 rings (SSSR count). The van der Waals surface area contributed by atoms with Crippen molar-refractivity contribution in [1.29, 1.82) is 0 Å². The lowest BCUT2D eigenvalue weighted by Gasteiger charge is -2.22. The zero-order valence-electron chi connectivity index (χ0n) is 13.3. The average molecular weight is 402 g/mol. The lowest BCUT2D eigenvalue weighted by Crippen LogP contribution is -2.46. The lowest BCUT2D eigenvalue weighted by molar-refractivity contribution is -0.146. The number of nitrogens with one attached hydrogen (secondary N) is 1. The second kappa shape index (κ2) is 6.98. The van der Waals surface area contributed by atoms with E-state index in [1.807, 2.05) is 0 Å². The summed E-state index contributed by atoms with van der Waals surface area (Å²) in [4.78, 5) is 38.7. The van der Waals surface area contributed by atoms with Crippen LogP contribution < -0.4 is 5.32 Å². The Labute approximate surface area is 159 Å². The number of imide groups is 1. The van der Waals surface area contributed by atoms with Gasteiger partial charge in [-0.3, -0.25) is 19.3 Å². The highest BCUT2D eigenvalue weighted by molar-refractivity contribution is 6.42. The molecule has 1 N–H and O–H groups in total. The van der Waals surface area contributed by atoms with Crippen LogP contribution >= 0.6 is 34.8 Å². The third-order valence-corrected chi connectivity index (χ3v) is 5.60. The number of allylic oxidation sites excluding steroid dienone is 2. The maximum Gasteiger partial charge on any atom is 0.247 e. The number of nitrogens with zero attached hydrogens (tertiary/aromatic N) is 1. The van der Waals surface area contributed by atoms with Gasteiger partial charge >= 0.3 is 0 Å². The fourth-order valence-corrected chi connectivity index (χ4v) is 3.73. The molecule has 1 fully saturated rings. The van der Waals surface area contributed by atoms with Gasteiger partial charge in [-0.1, -0.05) is 40.9 Å². The van der Waals surface area contributed by atoms with E-state index in [-0.39, 0.29) is 11.8 Å². The van der Waals surface area contributed by atoms with E-state index in [0.717, 1.165) is 4.90 Å². The number of benzene rings is 1. The molecule has 3 amide bonds. The molecular formula is C17H15Cl3N2O3. The van der Waals surface area contributed by atoms with Crippen LogP contribution in [0.15, 0.2) is 29.3 Å². The molecule has 1 aromatic carbocycles. The first-order valence-electron chi connectivity index (χ1n) is 7.77. The quantitative estimate of drug-likeness (QED) is 0.783. The molecule has 0 spiro atoms. The van der Waals surface area contributed by atoms with Gasteiger partial charge in [-0.25, -0.2) is 0 Å². The Morgan fingerprint density at radius 1 is 1.16 bits per heavy atom. The summed E-state index contributed by atoms with van der Waals surface area (Å²) >= 11 is 17.8. The molecular weight excluding hydrogens is 387 g/mol. The molecule has 0 saturated carbocycles. The molecule has 0 aromatic heterocycles. The largest absolute Gasteiger partial charge is 0.324 e. The van der Waals surface area contributed by atoms with Crippen molar-refractivity contribution in [2.24, 2.45) is 11.8 Å². The molecule has 3 atom stereocenters. The van der Waals surface area contributed by atoms with E-state index in [2.05, 4.69) is 5.32 Å². The Hall–Kier alpha value is -1.56. The molecule has 0 radical (unpaired) electrons. The van der Waals surface area contributed by atoms with Crippen LogP contribution in [0.25, 0.3) is 0 Å². The summed E-state index contributed by atoms with van der Waals surface area (Å²) in [6.07, 6.45) is 2.53. The highest BCUT2D eigenvalue weighted by Gasteiger charge is 2.51. The SMILES string of the molecule is C[C@@H](C(=O)Nc1ccc(Cl)c(Cl)c1)N1C(=O)[C@H]2CC=C(Cl)C[C@@H]2C1=O. The van der Waals surface area contributed by atoms with Crippen LogP contribution in [-0.2, 0) is 14.4 Å². The monoisotopic (exact) mass is 400 g/mol. The fraction of sp³-hybridized carbons (Fsp3) is 0.353. The molecule has 0 unspecified atom stereocenters. The standard InChI is InChI=1S/C17H15Cl3N2O3/c1-8(15(23)21-10-3-5-13(19)14(20)7-10)22-16(24)11-4-2-9(18)6-12(11)17(22)25/h2-3,5,7-8,11-12H,4,6H2,1H3,(H,21,23)/t8-,11-,12-/m0/s1. The molecule has 1 aliphatic carbocycles. The number of amides is 3. The van der Waals surface area contributed by atoms with Gasteiger partial charge in [0.1, 0.15) is 6.04 Å². The van der Waals surface area contributed by atoms with Crippen LogP contribution in [0.3, 0.4) is 0 Å². The zero-order valence-corrected chi connectivity index (χ0v) is 15.5. The summed E-state index contributed by atoms with van der Waals surface area (Å²) in [6.45, 7) is 1.52. The third kappa shape index (κ3) is 3.41. The van der Waals surface area contributed by atoms with Gasteiger partial charge in [-0.15, -0.1) is 0 Å². The highest BCUT2D eigenvalue weighted by Crippen LogP contribution is 2.39. The van der Waals surface area contributed by atoms with Gasteiger partial charge < -0.3 is 5.32 Å². The van der Waals surface area contributed by atoms with E-state index in [1.54, 1.807) is 18.2 Å². The van der Waals surface area contributed by atoms with Crippen LogP contribution in [0.1, 0.15) is 19.8 Å². The van der Waals surface area contributed by atoms with Gasteiger partial charge in [0.05, 0.1) is 21.9 Å². The van der Waals surface area contributed by atoms with Crippen molar-refractivity contribution in [2.45, 2.75) is 25.8 Å². The van der Waals surface area contributed by atoms with Crippen molar-refractivity contribution in [2.75, 3.05) is 5.32 Å². The predicted octanol–water partition coefficient (Wildman–Crippen LogP) is 3.84. The zero-order chi connectivity index (χ0) is 18.3. The highest BCUT2D eigenvalue weighted by atomic mass is 35.5. The molecule has 5 nitrogen and oxygen atoms in total. The number of fused-ring (bicyclic) bond motifs is 1. The first-order valence-corrected chi connectivity index (χ1v) is 8.90. The van der Waals surface area contributed by atoms with Gasteiger partial charge in [-0.2, -0.15) is 0 Å². The molecule has 1 saturated heterocycles. The van der Waals surface area contributed by atoms with Crippen LogP contribution in [0, 0.1) is 11.8 Å². The number of halogens is 3. The first-order chi connectivity index (χ1) is 11.8. The maximum absolute atomic E-state index is 12.6. The Bertz CT molecular complexity index is 793. The number of carbonyl (C=O) groups is 3. The molecule has 1 heterocycles. The van der Waals surface area contributed by atoms with Crippen molar-refractivity contribution >= 4 is 58.2 Å². The summed E-state index contributed by atoms with van der Waals surface area (Å²) in [6, 6.07) is 3.72. The molecule has 8 heteroatoms. The number of likely N-dealkylation sites (tertiary alicyclic amines) is 1. The smallest absolute Gasteiger partial charge is 0.247 e. The Balaban J connectivity index is 1.75. The second-order valence-electron chi connectivity index (χ2n) is 6.14. The van der Waals surface area contributed by atoms with Crippen molar-refractivity contribution in [3.05, 3.63) is 39.4 Å². The van der Waals surface area contributed by atoms with Crippen LogP contribution in [0.4, 0.5) is 5.69 Å². The van der Waals surface area contributed by atoms with E-state index >= 15 is 0 Å². The minimum absolute atomic E-state index is 0.298. The van der Waals surface area contributed by atoms with Gasteiger partial charge in [0.2, 0.25) is 17.7 Å². The van der Waals surface area contributed by atoms with Gasteiger partial charge in [-0.05, 0) is 38.0 Å². The summed E-state index contributed by atoms with van der Waals surface area (Å²) in [5.74, 6) is -2.07.